The molecule has 6 heteroatoms. The minimum Gasteiger partial charge on any atom is -0.458 e. The number of nitrogens with zero attached hydrogens (tertiary/aromatic N) is 5. The van der Waals surface area contributed by atoms with Gasteiger partial charge in [-0.25, -0.2) is 4.98 Å². The highest BCUT2D eigenvalue weighted by Gasteiger charge is 2.22. The van der Waals surface area contributed by atoms with Crippen molar-refractivity contribution in [2.45, 2.75) is 26.2 Å². The van der Waals surface area contributed by atoms with Crippen molar-refractivity contribution in [2.24, 2.45) is 0 Å². The molecule has 4 aromatic heterocycles. The van der Waals surface area contributed by atoms with E-state index >= 15 is 0 Å². The van der Waals surface area contributed by atoms with E-state index in [-0.39, 0.29) is 23.2 Å². The Labute approximate surface area is 320 Å². The fraction of sp³-hybridized carbons (Fsp3) is 0.0833. The SMILES string of the molecule is [2H]c1c([2H])c([2H])c(-[n+]2[c-]n(-c3cccc(Oc4ccc5c6c(-n7c8ccccc8c8ccccc87)cccc6n(-c6cc(C(C)(C)C)ccn6)c5c4)c3)cc2)c([2H])c1[2H]. The summed E-state index contributed by atoms with van der Waals surface area (Å²) in [7, 11) is 0. The molecule has 0 aliphatic heterocycles. The number of rotatable bonds is 6. The average Bonchev–Trinajstić information content (AvgIpc) is 3.95. The Morgan fingerprint density at radius 1 is 0.667 bits per heavy atom. The maximum Gasteiger partial charge on any atom is 0.268 e. The van der Waals surface area contributed by atoms with E-state index in [9.17, 15) is 0 Å². The van der Waals surface area contributed by atoms with Crippen LogP contribution in [0.5, 0.6) is 11.5 Å². The van der Waals surface area contributed by atoms with Crippen molar-refractivity contribution in [3.05, 3.63) is 182 Å². The third-order valence-corrected chi connectivity index (χ3v) is 10.0. The van der Waals surface area contributed by atoms with Crippen LogP contribution in [0.25, 0.3) is 66.5 Å². The van der Waals surface area contributed by atoms with Crippen LogP contribution in [0.1, 0.15) is 33.2 Å². The Balaban J connectivity index is 1.11. The highest BCUT2D eigenvalue weighted by atomic mass is 16.5. The van der Waals surface area contributed by atoms with Gasteiger partial charge in [-0.2, -0.15) is 0 Å². The zero-order valence-corrected chi connectivity index (χ0v) is 29.9. The second-order valence-electron chi connectivity index (χ2n) is 14.4. The van der Waals surface area contributed by atoms with Gasteiger partial charge in [0.1, 0.15) is 17.3 Å². The number of ether oxygens (including phenoxy) is 1. The molecule has 0 saturated carbocycles. The molecule has 0 bridgehead atoms. The second-order valence-corrected chi connectivity index (χ2v) is 14.4. The van der Waals surface area contributed by atoms with Gasteiger partial charge in [0.25, 0.3) is 6.33 Å². The molecular weight excluding hydrogens is 663 g/mol. The quantitative estimate of drug-likeness (QED) is 0.128. The number of hydrogen-bond donors (Lipinski definition) is 0. The molecule has 0 spiro atoms. The Morgan fingerprint density at radius 3 is 2.17 bits per heavy atom. The van der Waals surface area contributed by atoms with Crippen LogP contribution in [-0.2, 0) is 5.41 Å². The van der Waals surface area contributed by atoms with E-state index in [1.54, 1.807) is 17.0 Å². The first-order valence-electron chi connectivity index (χ1n) is 20.4. The standard InChI is InChI=1S/C48H37N5O/c1-48(2,3)33-25-26-49-46(29-33)53-44-22-12-21-43(52-41-19-9-7-17-38(41)39-18-8-10-20-42(39)52)47(44)40-24-23-37(31-45(40)53)54-36-16-11-15-35(30-36)51-28-27-50(32-51)34-13-5-4-6-14-34/h4-31H,1-3H3/i4D,5D,6D,13D,14D. The lowest BCUT2D eigenvalue weighted by atomic mass is 9.88. The lowest BCUT2D eigenvalue weighted by Gasteiger charge is -2.20. The summed E-state index contributed by atoms with van der Waals surface area (Å²) in [6.07, 6.45) is 8.33. The minimum absolute atomic E-state index is 0.0229. The Kier molecular flexibility index (Phi) is 6.13. The monoisotopic (exact) mass is 704 g/mol. The third kappa shape index (κ3) is 5.26. The number of fused-ring (bicyclic) bond motifs is 6. The van der Waals surface area contributed by atoms with Gasteiger partial charge in [0, 0.05) is 46.2 Å². The van der Waals surface area contributed by atoms with Crippen molar-refractivity contribution < 1.29 is 16.2 Å². The Hall–Kier alpha value is -6.92. The largest absolute Gasteiger partial charge is 0.458 e. The summed E-state index contributed by atoms with van der Waals surface area (Å²) in [6.45, 7) is 6.62. The van der Waals surface area contributed by atoms with E-state index in [4.69, 9.17) is 16.6 Å². The number of benzene rings is 6. The number of pyridine rings is 1. The number of aromatic nitrogens is 5. The lowest BCUT2D eigenvalue weighted by molar-refractivity contribution is -0.599. The molecule has 10 rings (SSSR count). The van der Waals surface area contributed by atoms with Crippen LogP contribution >= 0.6 is 0 Å². The van der Waals surface area contributed by atoms with Crippen LogP contribution in [0.15, 0.2) is 170 Å². The summed E-state index contributed by atoms with van der Waals surface area (Å²) >= 11 is 0. The molecule has 260 valence electrons. The number of hydrogen-bond acceptors (Lipinski definition) is 2. The molecule has 0 fully saturated rings. The summed E-state index contributed by atoms with van der Waals surface area (Å²) in [6, 6.07) is 39.7. The summed E-state index contributed by atoms with van der Waals surface area (Å²) in [5, 5.41) is 4.55. The van der Waals surface area contributed by atoms with Crippen LogP contribution in [-0.4, -0.2) is 18.7 Å². The molecule has 0 radical (unpaired) electrons. The maximum atomic E-state index is 8.41. The van der Waals surface area contributed by atoms with E-state index in [1.807, 2.05) is 36.5 Å². The van der Waals surface area contributed by atoms with Gasteiger partial charge in [0.2, 0.25) is 0 Å². The van der Waals surface area contributed by atoms with Gasteiger partial charge in [-0.05, 0) is 89.8 Å². The van der Waals surface area contributed by atoms with Crippen molar-refractivity contribution in [3.8, 4) is 34.4 Å². The highest BCUT2D eigenvalue weighted by molar-refractivity contribution is 6.16. The van der Waals surface area contributed by atoms with Crippen LogP contribution in [0, 0.1) is 6.33 Å². The van der Waals surface area contributed by atoms with Crippen LogP contribution in [0.3, 0.4) is 0 Å². The zero-order chi connectivity index (χ0) is 40.7. The Bertz CT molecular complexity index is 3240. The smallest absolute Gasteiger partial charge is 0.268 e. The first-order chi connectivity index (χ1) is 28.5. The predicted octanol–water partition coefficient (Wildman–Crippen LogP) is 11.2. The van der Waals surface area contributed by atoms with Gasteiger partial charge in [-0.3, -0.25) is 13.7 Å². The molecule has 0 aliphatic rings. The molecule has 54 heavy (non-hydrogen) atoms. The fourth-order valence-corrected chi connectivity index (χ4v) is 7.50. The fourth-order valence-electron chi connectivity index (χ4n) is 7.50. The van der Waals surface area contributed by atoms with E-state index < -0.39 is 18.1 Å². The van der Waals surface area contributed by atoms with Crippen LogP contribution in [0.2, 0.25) is 0 Å². The number of imidazole rings is 1. The molecular formula is C48H37N5O. The molecule has 6 aromatic carbocycles. The van der Waals surface area contributed by atoms with E-state index in [2.05, 4.69) is 127 Å². The number of para-hydroxylation sites is 3. The third-order valence-electron chi connectivity index (χ3n) is 10.0. The van der Waals surface area contributed by atoms with Crippen molar-refractivity contribution in [1.82, 2.24) is 18.7 Å². The summed E-state index contributed by atoms with van der Waals surface area (Å²) in [5.41, 5.74) is 7.12. The van der Waals surface area contributed by atoms with Gasteiger partial charge < -0.3 is 9.30 Å². The molecule has 0 amide bonds. The van der Waals surface area contributed by atoms with Gasteiger partial charge >= 0.3 is 0 Å². The normalized spacial score (nSPS) is 13.3. The maximum absolute atomic E-state index is 8.41. The van der Waals surface area contributed by atoms with Gasteiger partial charge in [-0.15, -0.1) is 0 Å². The first-order valence-corrected chi connectivity index (χ1v) is 17.9. The van der Waals surface area contributed by atoms with Crippen molar-refractivity contribution >= 4 is 43.6 Å². The molecule has 0 N–H and O–H groups in total. The molecule has 10 aromatic rings. The summed E-state index contributed by atoms with van der Waals surface area (Å²) in [4.78, 5) is 4.95. The molecule has 0 atom stereocenters. The average molecular weight is 705 g/mol. The van der Waals surface area contributed by atoms with E-state index in [0.717, 1.165) is 44.3 Å². The minimum atomic E-state index is -0.439. The zero-order valence-electron chi connectivity index (χ0n) is 34.9. The van der Waals surface area contributed by atoms with E-state index in [0.29, 0.717) is 17.2 Å². The summed E-state index contributed by atoms with van der Waals surface area (Å²) in [5.74, 6) is 2.03. The van der Waals surface area contributed by atoms with Gasteiger partial charge in [-0.1, -0.05) is 87.4 Å². The molecule has 0 saturated heterocycles. The van der Waals surface area contributed by atoms with Crippen LogP contribution in [0.4, 0.5) is 0 Å². The molecule has 0 aliphatic carbocycles. The van der Waals surface area contributed by atoms with E-state index in [1.165, 1.54) is 20.9 Å². The lowest BCUT2D eigenvalue weighted by Crippen LogP contribution is -2.27. The molecule has 6 nitrogen and oxygen atoms in total. The summed E-state index contributed by atoms with van der Waals surface area (Å²) < 4.78 is 55.3. The van der Waals surface area contributed by atoms with Crippen molar-refractivity contribution in [3.63, 3.8) is 0 Å². The van der Waals surface area contributed by atoms with Crippen molar-refractivity contribution in [2.75, 3.05) is 0 Å². The first kappa shape index (κ1) is 26.8. The van der Waals surface area contributed by atoms with Crippen LogP contribution < -0.4 is 9.30 Å². The van der Waals surface area contributed by atoms with Crippen molar-refractivity contribution in [1.29, 1.82) is 0 Å². The highest BCUT2D eigenvalue weighted by Crippen LogP contribution is 2.41. The van der Waals surface area contributed by atoms with Gasteiger partial charge in [0.15, 0.2) is 0 Å². The topological polar surface area (TPSA) is 40.8 Å². The second kappa shape index (κ2) is 12.3. The molecule has 0 unspecified atom stereocenters. The predicted molar refractivity (Wildman–Crippen MR) is 218 cm³/mol. The Morgan fingerprint density at radius 2 is 1.39 bits per heavy atom. The van der Waals surface area contributed by atoms with Gasteiger partial charge in [0.05, 0.1) is 46.0 Å². The molecule has 4 heterocycles.